The molecule has 0 unspecified atom stereocenters. The van der Waals surface area contributed by atoms with Crippen molar-refractivity contribution >= 4 is 5.91 Å². The number of aromatic amines is 1. The average Bonchev–Trinajstić information content (AvgIpc) is 2.59. The summed E-state index contributed by atoms with van der Waals surface area (Å²) in [6.07, 6.45) is 0. The monoisotopic (exact) mass is 200 g/mol. The first-order chi connectivity index (χ1) is 6.74. The van der Waals surface area contributed by atoms with Gasteiger partial charge in [-0.05, 0) is 6.92 Å². The van der Waals surface area contributed by atoms with E-state index >= 15 is 0 Å². The van der Waals surface area contributed by atoms with Gasteiger partial charge < -0.3 is 4.74 Å². The fourth-order valence-corrected chi connectivity index (χ4v) is 0.731. The van der Waals surface area contributed by atoms with Crippen molar-refractivity contribution in [3.63, 3.8) is 0 Å². The van der Waals surface area contributed by atoms with Gasteiger partial charge in [-0.25, -0.2) is 10.5 Å². The van der Waals surface area contributed by atoms with Crippen molar-refractivity contribution in [2.45, 2.75) is 6.92 Å². The Morgan fingerprint density at radius 3 is 2.93 bits per heavy atom. The number of H-pyrrole nitrogens is 1. The second-order valence-electron chi connectivity index (χ2n) is 2.52. The van der Waals surface area contributed by atoms with Gasteiger partial charge in [0.05, 0.1) is 13.2 Å². The van der Waals surface area contributed by atoms with E-state index in [0.29, 0.717) is 12.4 Å². The molecule has 2 N–H and O–H groups in total. The van der Waals surface area contributed by atoms with E-state index in [1.165, 1.54) is 0 Å². The van der Waals surface area contributed by atoms with E-state index in [1.54, 1.807) is 14.0 Å². The predicted octanol–water partition coefficient (Wildman–Crippen LogP) is -0.579. The summed E-state index contributed by atoms with van der Waals surface area (Å²) in [4.78, 5) is 19.8. The van der Waals surface area contributed by atoms with Crippen LogP contribution in [0.5, 0.6) is 0 Å². The molecule has 1 heterocycles. The molecule has 0 fully saturated rings. The van der Waals surface area contributed by atoms with E-state index in [2.05, 4.69) is 20.7 Å². The predicted molar refractivity (Wildman–Crippen MR) is 46.4 cm³/mol. The SMILES string of the molecule is COCCONC(=O)c1n[nH]c(C)n1. The highest BCUT2D eigenvalue weighted by Gasteiger charge is 2.10. The van der Waals surface area contributed by atoms with E-state index in [0.717, 1.165) is 0 Å². The molecule has 1 amide bonds. The smallest absolute Gasteiger partial charge is 0.314 e. The fraction of sp³-hybridized carbons (Fsp3) is 0.571. The van der Waals surface area contributed by atoms with E-state index < -0.39 is 5.91 Å². The molecule has 0 aliphatic carbocycles. The number of hydrogen-bond acceptors (Lipinski definition) is 5. The molecule has 0 aliphatic rings. The number of hydrogen-bond donors (Lipinski definition) is 2. The molecular weight excluding hydrogens is 188 g/mol. The number of hydroxylamine groups is 1. The summed E-state index contributed by atoms with van der Waals surface area (Å²) in [5.74, 6) is 0.150. The van der Waals surface area contributed by atoms with Crippen molar-refractivity contribution in [1.82, 2.24) is 20.7 Å². The number of amides is 1. The molecule has 0 aliphatic heterocycles. The van der Waals surface area contributed by atoms with Crippen molar-refractivity contribution in [3.8, 4) is 0 Å². The molecule has 0 saturated carbocycles. The van der Waals surface area contributed by atoms with E-state index in [1.807, 2.05) is 0 Å². The number of methoxy groups -OCH3 is 1. The second-order valence-corrected chi connectivity index (χ2v) is 2.52. The van der Waals surface area contributed by atoms with Crippen molar-refractivity contribution < 1.29 is 14.4 Å². The van der Waals surface area contributed by atoms with Crippen molar-refractivity contribution in [1.29, 1.82) is 0 Å². The lowest BCUT2D eigenvalue weighted by molar-refractivity contribution is 0.00826. The highest BCUT2D eigenvalue weighted by Crippen LogP contribution is 1.89. The minimum Gasteiger partial charge on any atom is -0.382 e. The molecule has 0 bridgehead atoms. The summed E-state index contributed by atoms with van der Waals surface area (Å²) in [6.45, 7) is 2.40. The van der Waals surface area contributed by atoms with Gasteiger partial charge >= 0.3 is 5.91 Å². The summed E-state index contributed by atoms with van der Waals surface area (Å²) in [5.41, 5.74) is 2.18. The molecule has 1 rings (SSSR count). The van der Waals surface area contributed by atoms with E-state index in [-0.39, 0.29) is 12.4 Å². The zero-order chi connectivity index (χ0) is 10.4. The number of aryl methyl sites for hydroxylation is 1. The van der Waals surface area contributed by atoms with Crippen LogP contribution in [0.4, 0.5) is 0 Å². The minimum atomic E-state index is -0.481. The van der Waals surface area contributed by atoms with Gasteiger partial charge in [0.25, 0.3) is 0 Å². The highest BCUT2D eigenvalue weighted by molar-refractivity contribution is 5.89. The fourth-order valence-electron chi connectivity index (χ4n) is 0.731. The molecule has 0 saturated heterocycles. The van der Waals surface area contributed by atoms with E-state index in [9.17, 15) is 4.79 Å². The van der Waals surface area contributed by atoms with E-state index in [4.69, 9.17) is 9.57 Å². The molecule has 7 heteroatoms. The van der Waals surface area contributed by atoms with Crippen molar-refractivity contribution in [2.75, 3.05) is 20.3 Å². The average molecular weight is 200 g/mol. The second kappa shape index (κ2) is 5.30. The number of nitrogens with one attached hydrogen (secondary N) is 2. The molecule has 0 radical (unpaired) electrons. The molecule has 1 aromatic rings. The summed E-state index contributed by atoms with van der Waals surface area (Å²) < 4.78 is 4.72. The van der Waals surface area contributed by atoms with Gasteiger partial charge in [-0.3, -0.25) is 14.7 Å². The molecule has 0 atom stereocenters. The Morgan fingerprint density at radius 1 is 1.57 bits per heavy atom. The van der Waals surface area contributed by atoms with Crippen LogP contribution in [-0.4, -0.2) is 41.4 Å². The Hall–Kier alpha value is -1.47. The number of carbonyl (C=O) groups excluding carboxylic acids is 1. The van der Waals surface area contributed by atoms with Crippen LogP contribution in [0.25, 0.3) is 0 Å². The topological polar surface area (TPSA) is 89.1 Å². The maximum atomic E-state index is 11.2. The maximum absolute atomic E-state index is 11.2. The summed E-state index contributed by atoms with van der Waals surface area (Å²) in [5, 5.41) is 6.20. The molecule has 7 nitrogen and oxygen atoms in total. The number of nitrogens with zero attached hydrogens (tertiary/aromatic N) is 2. The molecule has 14 heavy (non-hydrogen) atoms. The van der Waals surface area contributed by atoms with Gasteiger partial charge in [0.1, 0.15) is 5.82 Å². The third kappa shape index (κ3) is 3.11. The van der Waals surface area contributed by atoms with Gasteiger partial charge in [-0.1, -0.05) is 0 Å². The standard InChI is InChI=1S/C7H12N4O3/c1-5-8-6(10-9-5)7(12)11-14-4-3-13-2/h3-4H2,1-2H3,(H,11,12)(H,8,9,10). The normalized spacial score (nSPS) is 10.1. The Morgan fingerprint density at radius 2 is 2.36 bits per heavy atom. The van der Waals surface area contributed by atoms with Crippen molar-refractivity contribution in [3.05, 3.63) is 11.6 Å². The summed E-state index contributed by atoms with van der Waals surface area (Å²) in [6, 6.07) is 0. The maximum Gasteiger partial charge on any atom is 0.314 e. The first kappa shape index (κ1) is 10.6. The molecule has 1 aromatic heterocycles. The zero-order valence-electron chi connectivity index (χ0n) is 8.03. The van der Waals surface area contributed by atoms with Crippen LogP contribution in [-0.2, 0) is 9.57 Å². The number of ether oxygens (including phenoxy) is 1. The third-order valence-corrected chi connectivity index (χ3v) is 1.35. The Kier molecular flexibility index (Phi) is 4.02. The highest BCUT2D eigenvalue weighted by atomic mass is 16.7. The number of carbonyl (C=O) groups is 1. The minimum absolute atomic E-state index is 0.0555. The van der Waals surface area contributed by atoms with Crippen LogP contribution in [0.15, 0.2) is 0 Å². The molecule has 78 valence electrons. The lowest BCUT2D eigenvalue weighted by Gasteiger charge is -2.01. The summed E-state index contributed by atoms with van der Waals surface area (Å²) in [7, 11) is 1.55. The van der Waals surface area contributed by atoms with Crippen LogP contribution >= 0.6 is 0 Å². The Bertz CT molecular complexity index is 299. The number of aromatic nitrogens is 3. The quantitative estimate of drug-likeness (QED) is 0.490. The first-order valence-corrected chi connectivity index (χ1v) is 4.04. The van der Waals surface area contributed by atoms with Crippen LogP contribution in [0.3, 0.4) is 0 Å². The largest absolute Gasteiger partial charge is 0.382 e. The molecule has 0 spiro atoms. The van der Waals surface area contributed by atoms with Gasteiger partial charge in [0.2, 0.25) is 5.82 Å². The lowest BCUT2D eigenvalue weighted by atomic mass is 10.6. The van der Waals surface area contributed by atoms with Gasteiger partial charge in [-0.2, -0.15) is 0 Å². The first-order valence-electron chi connectivity index (χ1n) is 4.04. The van der Waals surface area contributed by atoms with Crippen LogP contribution < -0.4 is 5.48 Å². The van der Waals surface area contributed by atoms with Gasteiger partial charge in [-0.15, -0.1) is 5.10 Å². The summed E-state index contributed by atoms with van der Waals surface area (Å²) >= 11 is 0. The molecular formula is C7H12N4O3. The Labute approximate surface area is 80.8 Å². The third-order valence-electron chi connectivity index (χ3n) is 1.35. The van der Waals surface area contributed by atoms with Crippen LogP contribution in [0, 0.1) is 6.92 Å². The van der Waals surface area contributed by atoms with Crippen LogP contribution in [0.2, 0.25) is 0 Å². The lowest BCUT2D eigenvalue weighted by Crippen LogP contribution is -2.26. The zero-order valence-corrected chi connectivity index (χ0v) is 8.03. The van der Waals surface area contributed by atoms with Gasteiger partial charge in [0.15, 0.2) is 0 Å². The Balaban J connectivity index is 2.29. The van der Waals surface area contributed by atoms with Gasteiger partial charge in [0, 0.05) is 7.11 Å². The molecule has 0 aromatic carbocycles. The number of rotatable bonds is 5. The van der Waals surface area contributed by atoms with Crippen LogP contribution in [0.1, 0.15) is 16.4 Å². The van der Waals surface area contributed by atoms with Crippen molar-refractivity contribution in [2.24, 2.45) is 0 Å².